The van der Waals surface area contributed by atoms with E-state index in [1.807, 2.05) is 33.8 Å². The van der Waals surface area contributed by atoms with E-state index in [-0.39, 0.29) is 11.6 Å². The molecule has 27 heavy (non-hydrogen) atoms. The molecule has 0 saturated heterocycles. The lowest BCUT2D eigenvalue weighted by molar-refractivity contribution is -0.111. The highest BCUT2D eigenvalue weighted by atomic mass is 35.5. The van der Waals surface area contributed by atoms with Gasteiger partial charge in [-0.3, -0.25) is 9.59 Å². The zero-order chi connectivity index (χ0) is 19.6. The molecule has 0 atom stereocenters. The fourth-order valence-corrected chi connectivity index (χ4v) is 6.69. The zero-order valence-corrected chi connectivity index (χ0v) is 18.3. The summed E-state index contributed by atoms with van der Waals surface area (Å²) in [5.74, 6) is -0.0859. The number of rotatable bonds is 0. The molecule has 3 aliphatic rings. The third-order valence-electron chi connectivity index (χ3n) is 5.31. The molecule has 0 unspecified atom stereocenters. The zero-order valence-electron chi connectivity index (χ0n) is 15.9. The predicted molar refractivity (Wildman–Crippen MR) is 115 cm³/mol. The second kappa shape index (κ2) is 6.54. The van der Waals surface area contributed by atoms with Crippen LogP contribution in [0.2, 0.25) is 5.02 Å². The van der Waals surface area contributed by atoms with E-state index in [1.165, 1.54) is 29.1 Å². The highest BCUT2D eigenvalue weighted by Gasteiger charge is 2.39. The predicted octanol–water partition coefficient (Wildman–Crippen LogP) is 6.71. The Morgan fingerprint density at radius 1 is 0.963 bits per heavy atom. The molecule has 1 aromatic carbocycles. The van der Waals surface area contributed by atoms with Crippen molar-refractivity contribution in [1.29, 1.82) is 0 Å². The van der Waals surface area contributed by atoms with Crippen LogP contribution in [0.4, 0.5) is 0 Å². The van der Waals surface area contributed by atoms with Crippen molar-refractivity contribution < 1.29 is 9.59 Å². The summed E-state index contributed by atoms with van der Waals surface area (Å²) >= 11 is 9.19. The van der Waals surface area contributed by atoms with Crippen LogP contribution in [-0.2, 0) is 4.79 Å². The van der Waals surface area contributed by atoms with E-state index < -0.39 is 0 Å². The van der Waals surface area contributed by atoms with Crippen LogP contribution in [0.1, 0.15) is 48.7 Å². The van der Waals surface area contributed by atoms with Gasteiger partial charge < -0.3 is 0 Å². The molecule has 0 radical (unpaired) electrons. The molecular formula is C22H19ClO2S2. The maximum atomic E-state index is 13.3. The molecule has 5 heteroatoms. The van der Waals surface area contributed by atoms with Gasteiger partial charge in [0.05, 0.1) is 9.81 Å². The number of hydrogen-bond donors (Lipinski definition) is 0. The van der Waals surface area contributed by atoms with E-state index >= 15 is 0 Å². The molecule has 0 fully saturated rings. The van der Waals surface area contributed by atoms with Crippen molar-refractivity contribution in [2.75, 3.05) is 0 Å². The van der Waals surface area contributed by atoms with E-state index in [2.05, 4.69) is 13.0 Å². The molecule has 0 amide bonds. The molecular weight excluding hydrogens is 396 g/mol. The molecule has 2 aliphatic heterocycles. The number of ketones is 2. The summed E-state index contributed by atoms with van der Waals surface area (Å²) in [6.07, 6.45) is 2.90. The average Bonchev–Trinajstić information content (AvgIpc) is 3.06. The second-order valence-electron chi connectivity index (χ2n) is 7.30. The second-order valence-corrected chi connectivity index (χ2v) is 9.83. The smallest absolute Gasteiger partial charge is 0.202 e. The van der Waals surface area contributed by atoms with Gasteiger partial charge in [-0.2, -0.15) is 0 Å². The fraction of sp³-hybridized carbons (Fsp3) is 0.273. The Balaban J connectivity index is 1.83. The third-order valence-corrected chi connectivity index (χ3v) is 8.35. The first-order valence-electron chi connectivity index (χ1n) is 8.78. The van der Waals surface area contributed by atoms with Crippen molar-refractivity contribution in [2.45, 2.75) is 45.9 Å². The fourth-order valence-electron chi connectivity index (χ4n) is 3.76. The van der Waals surface area contributed by atoms with Gasteiger partial charge in [0, 0.05) is 32.4 Å². The minimum Gasteiger partial charge on any atom is -0.288 e. The Hall–Kier alpha value is -1.49. The summed E-state index contributed by atoms with van der Waals surface area (Å²) in [5, 5.41) is 0.598. The van der Waals surface area contributed by atoms with E-state index in [9.17, 15) is 9.59 Å². The van der Waals surface area contributed by atoms with Crippen LogP contribution in [0.5, 0.6) is 0 Å². The first-order valence-corrected chi connectivity index (χ1v) is 10.8. The summed E-state index contributed by atoms with van der Waals surface area (Å²) in [5.41, 5.74) is 6.57. The third kappa shape index (κ3) is 2.81. The van der Waals surface area contributed by atoms with Gasteiger partial charge in [0.15, 0.2) is 0 Å². The molecule has 4 rings (SSSR count). The first kappa shape index (κ1) is 18.9. The molecule has 0 spiro atoms. The van der Waals surface area contributed by atoms with E-state index in [4.69, 9.17) is 11.6 Å². The van der Waals surface area contributed by atoms with Crippen molar-refractivity contribution in [3.8, 4) is 0 Å². The number of carbonyl (C=O) groups is 2. The van der Waals surface area contributed by atoms with E-state index in [1.54, 1.807) is 0 Å². The Bertz CT molecular complexity index is 1080. The number of thioether (sulfide) groups is 2. The molecule has 2 heterocycles. The summed E-state index contributed by atoms with van der Waals surface area (Å²) in [4.78, 5) is 29.6. The monoisotopic (exact) mass is 414 g/mol. The van der Waals surface area contributed by atoms with Crippen LogP contribution >= 0.6 is 35.1 Å². The highest BCUT2D eigenvalue weighted by Crippen LogP contribution is 2.53. The quantitative estimate of drug-likeness (QED) is 0.441. The van der Waals surface area contributed by atoms with Crippen LogP contribution in [0, 0.1) is 13.8 Å². The van der Waals surface area contributed by atoms with Crippen LogP contribution in [-0.4, -0.2) is 11.6 Å². The number of allylic oxidation sites excluding steroid dienone is 8. The van der Waals surface area contributed by atoms with E-state index in [0.717, 1.165) is 44.1 Å². The normalized spacial score (nSPS) is 22.4. The summed E-state index contributed by atoms with van der Waals surface area (Å²) < 4.78 is 0. The molecule has 1 aromatic rings. The number of halogens is 1. The standard InChI is InChI=1S/C22H19ClO2S2/c1-9-6-10(2)12(4)16-15(7-9)26-21(18(16)24)22-19(25)17-13(5)14(23)8-11(3)20(17)27-22/h6,8H,7H2,1-5H3/b22-21+. The average molecular weight is 415 g/mol. The van der Waals surface area contributed by atoms with Crippen molar-refractivity contribution in [3.63, 3.8) is 0 Å². The minimum atomic E-state index is -0.0720. The van der Waals surface area contributed by atoms with Crippen molar-refractivity contribution in [3.05, 3.63) is 70.9 Å². The van der Waals surface area contributed by atoms with Gasteiger partial charge >= 0.3 is 0 Å². The van der Waals surface area contributed by atoms with Gasteiger partial charge in [-0.25, -0.2) is 0 Å². The lowest BCUT2D eigenvalue weighted by Crippen LogP contribution is -2.06. The van der Waals surface area contributed by atoms with Gasteiger partial charge in [-0.1, -0.05) is 46.8 Å². The first-order chi connectivity index (χ1) is 12.7. The molecule has 138 valence electrons. The van der Waals surface area contributed by atoms with Gasteiger partial charge in [-0.05, 0) is 63.0 Å². The van der Waals surface area contributed by atoms with Crippen molar-refractivity contribution in [2.24, 2.45) is 0 Å². The SMILES string of the molecule is CC1=CC(C)=C(C)C2=C(C1)S/C(=C1/Sc3c(C)cc(Cl)c(C)c3C1=O)C2=O. The number of benzene rings is 1. The Morgan fingerprint density at radius 3 is 2.33 bits per heavy atom. The Morgan fingerprint density at radius 2 is 1.63 bits per heavy atom. The molecule has 0 saturated carbocycles. The molecule has 1 aliphatic carbocycles. The Labute approximate surface area is 172 Å². The lowest BCUT2D eigenvalue weighted by atomic mass is 9.97. The van der Waals surface area contributed by atoms with Gasteiger partial charge in [0.2, 0.25) is 11.6 Å². The van der Waals surface area contributed by atoms with Gasteiger partial charge in [-0.15, -0.1) is 0 Å². The number of Topliss-reactive ketones (excluding diaryl/α,β-unsaturated/α-hetero) is 2. The highest BCUT2D eigenvalue weighted by molar-refractivity contribution is 8.10. The van der Waals surface area contributed by atoms with Crippen LogP contribution in [0.15, 0.2) is 54.0 Å². The van der Waals surface area contributed by atoms with Crippen molar-refractivity contribution >= 4 is 46.7 Å². The maximum absolute atomic E-state index is 13.3. The summed E-state index contributed by atoms with van der Waals surface area (Å²) in [7, 11) is 0. The molecule has 0 bridgehead atoms. The van der Waals surface area contributed by atoms with Crippen LogP contribution in [0.25, 0.3) is 0 Å². The van der Waals surface area contributed by atoms with Crippen LogP contribution in [0.3, 0.4) is 0 Å². The molecule has 2 nitrogen and oxygen atoms in total. The molecule has 0 N–H and O–H groups in total. The number of carbonyl (C=O) groups excluding carboxylic acids is 2. The topological polar surface area (TPSA) is 34.1 Å². The largest absolute Gasteiger partial charge is 0.288 e. The number of hydrogen-bond acceptors (Lipinski definition) is 4. The Kier molecular flexibility index (Phi) is 4.57. The minimum absolute atomic E-state index is 0.0139. The van der Waals surface area contributed by atoms with Crippen molar-refractivity contribution in [1.82, 2.24) is 0 Å². The number of fused-ring (bicyclic) bond motifs is 1. The maximum Gasteiger partial charge on any atom is 0.202 e. The molecule has 0 aromatic heterocycles. The summed E-state index contributed by atoms with van der Waals surface area (Å²) in [6, 6.07) is 1.89. The lowest BCUT2D eigenvalue weighted by Gasteiger charge is -2.06. The van der Waals surface area contributed by atoms with Gasteiger partial charge in [0.25, 0.3) is 0 Å². The van der Waals surface area contributed by atoms with Crippen LogP contribution < -0.4 is 0 Å². The van der Waals surface area contributed by atoms with E-state index in [0.29, 0.717) is 20.4 Å². The summed E-state index contributed by atoms with van der Waals surface area (Å²) in [6.45, 7) is 9.95. The van der Waals surface area contributed by atoms with Gasteiger partial charge in [0.1, 0.15) is 0 Å². The number of aryl methyl sites for hydroxylation is 1.